The van der Waals surface area contributed by atoms with E-state index in [0.29, 0.717) is 23.9 Å². The van der Waals surface area contributed by atoms with Crippen LogP contribution in [-0.4, -0.2) is 67.8 Å². The Morgan fingerprint density at radius 2 is 1.88 bits per heavy atom. The van der Waals surface area contributed by atoms with Crippen molar-refractivity contribution in [1.29, 1.82) is 0 Å². The van der Waals surface area contributed by atoms with Crippen LogP contribution in [0.5, 0.6) is 11.9 Å². The summed E-state index contributed by atoms with van der Waals surface area (Å²) in [7, 11) is 3.20. The van der Waals surface area contributed by atoms with Gasteiger partial charge in [-0.15, -0.1) is 0 Å². The molecule has 0 unspecified atom stereocenters. The van der Waals surface area contributed by atoms with Crippen molar-refractivity contribution in [3.63, 3.8) is 0 Å². The maximum Gasteiger partial charge on any atom is 0.338 e. The number of piperidine rings is 1. The molecule has 0 amide bonds. The highest BCUT2D eigenvalue weighted by molar-refractivity contribution is 5.93. The molecule has 3 aliphatic heterocycles. The summed E-state index contributed by atoms with van der Waals surface area (Å²) in [5.74, 6) is 1.23. The second-order valence-electron chi connectivity index (χ2n) is 9.47. The predicted molar refractivity (Wildman–Crippen MR) is 124 cm³/mol. The maximum absolute atomic E-state index is 11.8. The van der Waals surface area contributed by atoms with Gasteiger partial charge in [-0.05, 0) is 68.3 Å². The van der Waals surface area contributed by atoms with Crippen molar-refractivity contribution >= 4 is 11.8 Å². The summed E-state index contributed by atoms with van der Waals surface area (Å²) in [4.78, 5) is 25.5. The number of methoxy groups -OCH3 is 2. The molecule has 4 heterocycles. The highest BCUT2D eigenvalue weighted by atomic mass is 16.5. The highest BCUT2D eigenvalue weighted by Crippen LogP contribution is 2.42. The summed E-state index contributed by atoms with van der Waals surface area (Å²) in [5, 5.41) is 0. The first-order chi connectivity index (χ1) is 16.0. The molecule has 1 aromatic heterocycles. The third kappa shape index (κ3) is 4.24. The Labute approximate surface area is 194 Å². The zero-order valence-electron chi connectivity index (χ0n) is 19.7. The van der Waals surface area contributed by atoms with Crippen LogP contribution in [0.2, 0.25) is 0 Å². The van der Waals surface area contributed by atoms with E-state index in [2.05, 4.69) is 32.8 Å². The lowest BCUT2D eigenvalue weighted by atomic mass is 9.77. The Bertz CT molecular complexity index is 1030. The lowest BCUT2D eigenvalue weighted by Crippen LogP contribution is -2.42. The number of cyclic esters (lactones) is 1. The number of nitrogens with zero attached hydrogens (tertiary/aromatic N) is 4. The van der Waals surface area contributed by atoms with Crippen LogP contribution in [-0.2, 0) is 17.8 Å². The smallest absolute Gasteiger partial charge is 0.338 e. The molecule has 3 aliphatic rings. The van der Waals surface area contributed by atoms with Crippen LogP contribution in [0.25, 0.3) is 0 Å². The fraction of sp³-hybridized carbons (Fsp3) is 0.560. The van der Waals surface area contributed by atoms with Gasteiger partial charge in [-0.1, -0.05) is 6.07 Å². The molecule has 0 N–H and O–H groups in total. The van der Waals surface area contributed by atoms with Gasteiger partial charge >= 0.3 is 12.0 Å². The second-order valence-corrected chi connectivity index (χ2v) is 9.47. The minimum Gasteiger partial charge on any atom is -0.481 e. The molecular weight excluding hydrogens is 420 g/mol. The average Bonchev–Trinajstić information content (AvgIpc) is 3.44. The van der Waals surface area contributed by atoms with E-state index < -0.39 is 0 Å². The summed E-state index contributed by atoms with van der Waals surface area (Å²) in [5.41, 5.74) is 4.70. The van der Waals surface area contributed by atoms with Gasteiger partial charge in [0.1, 0.15) is 12.4 Å². The van der Waals surface area contributed by atoms with Gasteiger partial charge in [0.2, 0.25) is 5.88 Å². The Kier molecular flexibility index (Phi) is 5.86. The fourth-order valence-corrected chi connectivity index (χ4v) is 5.49. The lowest BCUT2D eigenvalue weighted by molar-refractivity contribution is 0.0535. The molecule has 5 rings (SSSR count). The predicted octanol–water partition coefficient (Wildman–Crippen LogP) is 3.01. The number of benzene rings is 1. The largest absolute Gasteiger partial charge is 0.481 e. The number of aromatic nitrogens is 2. The summed E-state index contributed by atoms with van der Waals surface area (Å²) in [6, 6.07) is 6.28. The van der Waals surface area contributed by atoms with Gasteiger partial charge in [0, 0.05) is 31.3 Å². The van der Waals surface area contributed by atoms with Crippen molar-refractivity contribution in [2.75, 3.05) is 51.8 Å². The Morgan fingerprint density at radius 1 is 1.09 bits per heavy atom. The van der Waals surface area contributed by atoms with Crippen molar-refractivity contribution in [3.05, 3.63) is 40.5 Å². The SMILES string of the molecule is COc1cc(N2CCC3(CCN(CCc4ccc5c(c4C)COC5=O)CC3)C2)nc(OC)n1. The molecule has 2 aromatic rings. The van der Waals surface area contributed by atoms with Crippen LogP contribution >= 0.6 is 0 Å². The topological polar surface area (TPSA) is 77.0 Å². The number of hydrogen-bond acceptors (Lipinski definition) is 8. The van der Waals surface area contributed by atoms with Crippen molar-refractivity contribution in [3.8, 4) is 11.9 Å². The minimum absolute atomic E-state index is 0.189. The van der Waals surface area contributed by atoms with E-state index in [1.807, 2.05) is 12.1 Å². The van der Waals surface area contributed by atoms with E-state index >= 15 is 0 Å². The summed E-state index contributed by atoms with van der Waals surface area (Å²) >= 11 is 0. The molecule has 8 heteroatoms. The molecule has 0 saturated carbocycles. The molecule has 2 fully saturated rings. The number of fused-ring (bicyclic) bond motifs is 1. The van der Waals surface area contributed by atoms with E-state index in [9.17, 15) is 4.79 Å². The van der Waals surface area contributed by atoms with Crippen LogP contribution in [0.4, 0.5) is 5.82 Å². The first-order valence-electron chi connectivity index (χ1n) is 11.7. The Hall–Kier alpha value is -2.87. The van der Waals surface area contributed by atoms with Crippen LogP contribution in [0, 0.1) is 12.3 Å². The summed E-state index contributed by atoms with van der Waals surface area (Å²) in [6.45, 7) is 7.84. The van der Waals surface area contributed by atoms with E-state index in [-0.39, 0.29) is 5.97 Å². The molecular formula is C25H32N4O4. The van der Waals surface area contributed by atoms with Crippen molar-refractivity contribution in [2.45, 2.75) is 39.2 Å². The van der Waals surface area contributed by atoms with E-state index in [4.69, 9.17) is 14.2 Å². The number of hydrogen-bond donors (Lipinski definition) is 0. The maximum atomic E-state index is 11.8. The third-order valence-corrected chi connectivity index (χ3v) is 7.71. The highest BCUT2D eigenvalue weighted by Gasteiger charge is 2.41. The number of esters is 1. The van der Waals surface area contributed by atoms with Gasteiger partial charge in [0.05, 0.1) is 19.8 Å². The monoisotopic (exact) mass is 452 g/mol. The first kappa shape index (κ1) is 21.9. The Balaban J connectivity index is 1.17. The van der Waals surface area contributed by atoms with Gasteiger partial charge in [-0.3, -0.25) is 0 Å². The first-order valence-corrected chi connectivity index (χ1v) is 11.7. The Morgan fingerprint density at radius 3 is 2.64 bits per heavy atom. The number of rotatable bonds is 6. The zero-order valence-corrected chi connectivity index (χ0v) is 19.7. The standard InChI is InChI=1S/C25H32N4O4/c1-17-18(4-5-19-20(17)15-33-23(19)30)6-10-28-11-7-25(8-12-28)9-13-29(16-25)21-14-22(31-2)27-24(26-21)32-3/h4-5,14H,6-13,15-16H2,1-3H3. The van der Waals surface area contributed by atoms with Crippen molar-refractivity contribution in [2.24, 2.45) is 5.41 Å². The molecule has 8 nitrogen and oxygen atoms in total. The van der Waals surface area contributed by atoms with Gasteiger partial charge in [0.25, 0.3) is 0 Å². The lowest BCUT2D eigenvalue weighted by Gasteiger charge is -2.39. The summed E-state index contributed by atoms with van der Waals surface area (Å²) in [6.07, 6.45) is 4.60. The number of ether oxygens (including phenoxy) is 3. The van der Waals surface area contributed by atoms with E-state index in [0.717, 1.165) is 56.1 Å². The molecule has 0 aliphatic carbocycles. The number of likely N-dealkylation sites (tertiary alicyclic amines) is 1. The van der Waals surface area contributed by atoms with Gasteiger partial charge in [-0.25, -0.2) is 4.79 Å². The number of anilines is 1. The van der Waals surface area contributed by atoms with Crippen LogP contribution in [0.3, 0.4) is 0 Å². The average molecular weight is 453 g/mol. The quantitative estimate of drug-likeness (QED) is 0.619. The molecule has 0 radical (unpaired) electrons. The molecule has 33 heavy (non-hydrogen) atoms. The van der Waals surface area contributed by atoms with Crippen LogP contribution in [0.1, 0.15) is 46.3 Å². The fourth-order valence-electron chi connectivity index (χ4n) is 5.49. The van der Waals surface area contributed by atoms with Crippen molar-refractivity contribution in [1.82, 2.24) is 14.9 Å². The molecule has 176 valence electrons. The molecule has 2 saturated heterocycles. The van der Waals surface area contributed by atoms with Gasteiger partial charge < -0.3 is 24.0 Å². The molecule has 1 spiro atoms. The normalized spacial score (nSPS) is 19.6. The number of carbonyl (C=O) groups is 1. The van der Waals surface area contributed by atoms with Crippen LogP contribution in [0.15, 0.2) is 18.2 Å². The van der Waals surface area contributed by atoms with Crippen LogP contribution < -0.4 is 14.4 Å². The van der Waals surface area contributed by atoms with Gasteiger partial charge in [0.15, 0.2) is 0 Å². The third-order valence-electron chi connectivity index (χ3n) is 7.71. The van der Waals surface area contributed by atoms with Gasteiger partial charge in [-0.2, -0.15) is 9.97 Å². The number of carbonyl (C=O) groups excluding carboxylic acids is 1. The van der Waals surface area contributed by atoms with E-state index in [1.54, 1.807) is 14.2 Å². The second kappa shape index (κ2) is 8.82. The molecule has 1 aromatic carbocycles. The zero-order chi connectivity index (χ0) is 23.0. The summed E-state index contributed by atoms with van der Waals surface area (Å²) < 4.78 is 15.8. The van der Waals surface area contributed by atoms with Crippen molar-refractivity contribution < 1.29 is 19.0 Å². The molecule has 0 bridgehead atoms. The minimum atomic E-state index is -0.189. The van der Waals surface area contributed by atoms with E-state index in [1.165, 1.54) is 30.4 Å². The molecule has 0 atom stereocenters.